The van der Waals surface area contributed by atoms with Crippen molar-refractivity contribution in [3.63, 3.8) is 0 Å². The van der Waals surface area contributed by atoms with Crippen LogP contribution in [0.5, 0.6) is 0 Å². The van der Waals surface area contributed by atoms with E-state index in [1.54, 1.807) is 4.90 Å². The number of nitrogens with zero attached hydrogens (tertiary/aromatic N) is 6. The van der Waals surface area contributed by atoms with Crippen LogP contribution >= 0.6 is 0 Å². The third-order valence-electron chi connectivity index (χ3n) is 6.45. The van der Waals surface area contributed by atoms with Crippen LogP contribution in [0.25, 0.3) is 5.78 Å². The van der Waals surface area contributed by atoms with Gasteiger partial charge in [-0.1, -0.05) is 0 Å². The van der Waals surface area contributed by atoms with Crippen molar-refractivity contribution in [2.75, 3.05) is 0 Å². The quantitative estimate of drug-likeness (QED) is 0.537. The van der Waals surface area contributed by atoms with E-state index in [-0.39, 0.29) is 35.0 Å². The van der Waals surface area contributed by atoms with Crippen LogP contribution in [-0.2, 0) is 6.18 Å². The summed E-state index contributed by atoms with van der Waals surface area (Å²) >= 11 is 0. The van der Waals surface area contributed by atoms with Gasteiger partial charge in [0.15, 0.2) is 0 Å². The Hall–Kier alpha value is -3.18. The highest BCUT2D eigenvalue weighted by Gasteiger charge is 2.47. The van der Waals surface area contributed by atoms with Crippen molar-refractivity contribution in [1.82, 2.24) is 29.5 Å². The predicted molar refractivity (Wildman–Crippen MR) is 105 cm³/mol. The van der Waals surface area contributed by atoms with E-state index < -0.39 is 29.9 Å². The molecule has 2 bridgehead atoms. The number of carbonyl (C=O) groups is 1. The van der Waals surface area contributed by atoms with Gasteiger partial charge in [-0.25, -0.2) is 23.3 Å². The van der Waals surface area contributed by atoms with Crippen LogP contribution < -0.4 is 0 Å². The van der Waals surface area contributed by atoms with Gasteiger partial charge in [0.25, 0.3) is 18.1 Å². The van der Waals surface area contributed by atoms with Crippen molar-refractivity contribution in [2.24, 2.45) is 0 Å². The standard InChI is InChI=1S/C21H19F5N6O/c1-10-6-11(7-17(29-10)21(24,25)26)19(33)31-12-2-4-13(15(31)5-3-12)16-8-14(18(22)23)30-20-27-9-28-32(16)20/h6-9,12-13,15,18H,2-5H2,1H3/t12-,13?,15?/m1/s1. The van der Waals surface area contributed by atoms with Gasteiger partial charge in [-0.2, -0.15) is 23.3 Å². The van der Waals surface area contributed by atoms with Gasteiger partial charge in [-0.05, 0) is 50.8 Å². The normalized spacial score (nSPS) is 23.0. The summed E-state index contributed by atoms with van der Waals surface area (Å²) in [6, 6.07) is 2.92. The van der Waals surface area contributed by atoms with Crippen LogP contribution in [0.3, 0.4) is 0 Å². The lowest BCUT2D eigenvalue weighted by Crippen LogP contribution is -2.47. The van der Waals surface area contributed by atoms with Gasteiger partial charge in [-0.15, -0.1) is 0 Å². The number of hydrogen-bond donors (Lipinski definition) is 0. The predicted octanol–water partition coefficient (Wildman–Crippen LogP) is 4.33. The molecule has 7 nitrogen and oxygen atoms in total. The third kappa shape index (κ3) is 3.70. The number of alkyl halides is 5. The van der Waals surface area contributed by atoms with Crippen LogP contribution in [0.2, 0.25) is 0 Å². The number of halogens is 5. The van der Waals surface area contributed by atoms with Gasteiger partial charge in [0.1, 0.15) is 17.7 Å². The molecule has 2 unspecified atom stereocenters. The number of fused-ring (bicyclic) bond motifs is 3. The summed E-state index contributed by atoms with van der Waals surface area (Å²) in [4.78, 5) is 26.3. The van der Waals surface area contributed by atoms with Crippen LogP contribution in [-0.4, -0.2) is 47.5 Å². The molecule has 33 heavy (non-hydrogen) atoms. The molecular formula is C21H19F5N6O. The molecule has 5 rings (SSSR count). The molecule has 3 atom stereocenters. The Morgan fingerprint density at radius 1 is 1.09 bits per heavy atom. The minimum atomic E-state index is -4.67. The lowest BCUT2D eigenvalue weighted by Gasteiger charge is -2.40. The molecule has 5 heterocycles. The summed E-state index contributed by atoms with van der Waals surface area (Å²) in [5.74, 6) is -0.802. The topological polar surface area (TPSA) is 76.3 Å². The van der Waals surface area contributed by atoms with Gasteiger partial charge < -0.3 is 4.90 Å². The number of hydrogen-bond acceptors (Lipinski definition) is 5. The Morgan fingerprint density at radius 3 is 2.58 bits per heavy atom. The van der Waals surface area contributed by atoms with E-state index in [1.165, 1.54) is 29.9 Å². The molecule has 3 aromatic rings. The van der Waals surface area contributed by atoms with E-state index >= 15 is 0 Å². The minimum Gasteiger partial charge on any atom is -0.332 e. The molecule has 0 aromatic carbocycles. The van der Waals surface area contributed by atoms with E-state index in [9.17, 15) is 26.7 Å². The largest absolute Gasteiger partial charge is 0.433 e. The molecule has 2 saturated heterocycles. The summed E-state index contributed by atoms with van der Waals surface area (Å²) in [5.41, 5.74) is -1.07. The second-order valence-corrected chi connectivity index (χ2v) is 8.45. The van der Waals surface area contributed by atoms with Crippen molar-refractivity contribution in [3.05, 3.63) is 52.9 Å². The van der Waals surface area contributed by atoms with E-state index in [1.807, 2.05) is 0 Å². The van der Waals surface area contributed by atoms with Crippen molar-refractivity contribution in [2.45, 2.75) is 63.2 Å². The molecular weight excluding hydrogens is 447 g/mol. The highest BCUT2D eigenvalue weighted by Crippen LogP contribution is 2.45. The van der Waals surface area contributed by atoms with Crippen molar-refractivity contribution in [3.8, 4) is 0 Å². The van der Waals surface area contributed by atoms with Crippen LogP contribution in [0.15, 0.2) is 24.5 Å². The number of rotatable bonds is 3. The maximum atomic E-state index is 13.5. The number of aryl methyl sites for hydroxylation is 1. The molecule has 0 aliphatic carbocycles. The first-order valence-corrected chi connectivity index (χ1v) is 10.5. The second-order valence-electron chi connectivity index (χ2n) is 8.45. The first-order valence-electron chi connectivity index (χ1n) is 10.5. The lowest BCUT2D eigenvalue weighted by molar-refractivity contribution is -0.141. The fourth-order valence-electron chi connectivity index (χ4n) is 5.13. The second kappa shape index (κ2) is 7.70. The van der Waals surface area contributed by atoms with Crippen LogP contribution in [0, 0.1) is 6.92 Å². The molecule has 174 valence electrons. The van der Waals surface area contributed by atoms with Crippen molar-refractivity contribution in [1.29, 1.82) is 0 Å². The van der Waals surface area contributed by atoms with Crippen LogP contribution in [0.4, 0.5) is 22.0 Å². The summed E-state index contributed by atoms with van der Waals surface area (Å²) in [7, 11) is 0. The minimum absolute atomic E-state index is 0.0420. The Kier molecular flexibility index (Phi) is 5.05. The number of pyridine rings is 1. The fraction of sp³-hybridized carbons (Fsp3) is 0.476. The van der Waals surface area contributed by atoms with Gasteiger partial charge >= 0.3 is 6.18 Å². The number of amides is 1. The molecule has 0 saturated carbocycles. The maximum absolute atomic E-state index is 13.5. The highest BCUT2D eigenvalue weighted by molar-refractivity contribution is 5.95. The Bertz CT molecular complexity index is 1230. The first-order chi connectivity index (χ1) is 15.6. The Labute approximate surface area is 184 Å². The summed E-state index contributed by atoms with van der Waals surface area (Å²) < 4.78 is 68.1. The molecule has 12 heteroatoms. The monoisotopic (exact) mass is 466 g/mol. The average molecular weight is 466 g/mol. The number of carbonyl (C=O) groups excluding carboxylic acids is 1. The van der Waals surface area contributed by atoms with Crippen molar-refractivity contribution < 1.29 is 26.7 Å². The number of piperidine rings is 1. The first kappa shape index (κ1) is 21.7. The molecule has 2 aliphatic heterocycles. The van der Waals surface area contributed by atoms with Gasteiger partial charge in [0.05, 0.1) is 5.69 Å². The molecule has 2 aliphatic rings. The number of aromatic nitrogens is 5. The SMILES string of the molecule is Cc1cc(C(=O)N2C3CC[C@H]2CCC3c2cc(C(F)F)nc3ncnn23)cc(C(F)(F)F)n1. The molecule has 1 amide bonds. The summed E-state index contributed by atoms with van der Waals surface area (Å²) in [6.07, 6.45) is -3.72. The van der Waals surface area contributed by atoms with Gasteiger partial charge in [-0.3, -0.25) is 4.79 Å². The third-order valence-corrected chi connectivity index (χ3v) is 6.45. The zero-order valence-corrected chi connectivity index (χ0v) is 17.4. The summed E-state index contributed by atoms with van der Waals surface area (Å²) in [6.45, 7) is 1.41. The van der Waals surface area contributed by atoms with Crippen molar-refractivity contribution >= 4 is 11.7 Å². The zero-order chi connectivity index (χ0) is 23.5. The van der Waals surface area contributed by atoms with E-state index in [2.05, 4.69) is 20.1 Å². The fourth-order valence-corrected chi connectivity index (χ4v) is 5.13. The van der Waals surface area contributed by atoms with E-state index in [0.29, 0.717) is 31.4 Å². The summed E-state index contributed by atoms with van der Waals surface area (Å²) in [5, 5.41) is 4.12. The Balaban J connectivity index is 1.54. The molecule has 2 fully saturated rings. The van der Waals surface area contributed by atoms with E-state index in [0.717, 1.165) is 6.07 Å². The smallest absolute Gasteiger partial charge is 0.332 e. The van der Waals surface area contributed by atoms with Crippen LogP contribution in [0.1, 0.15) is 71.2 Å². The lowest BCUT2D eigenvalue weighted by atomic mass is 9.86. The van der Waals surface area contributed by atoms with Gasteiger partial charge in [0.2, 0.25) is 0 Å². The zero-order valence-electron chi connectivity index (χ0n) is 17.4. The average Bonchev–Trinajstić information content (AvgIpc) is 3.34. The maximum Gasteiger partial charge on any atom is 0.433 e. The van der Waals surface area contributed by atoms with Gasteiger partial charge in [0, 0.05) is 29.3 Å². The molecule has 0 N–H and O–H groups in total. The highest BCUT2D eigenvalue weighted by atomic mass is 19.4. The molecule has 0 radical (unpaired) electrons. The molecule has 3 aromatic heterocycles. The molecule has 0 spiro atoms. The van der Waals surface area contributed by atoms with E-state index in [4.69, 9.17) is 0 Å². The Morgan fingerprint density at radius 2 is 1.85 bits per heavy atom.